The molecule has 0 aliphatic rings. The molecule has 0 spiro atoms. The van der Waals surface area contributed by atoms with Crippen molar-refractivity contribution in [2.24, 2.45) is 0 Å². The number of aromatic nitrogens is 1. The summed E-state index contributed by atoms with van der Waals surface area (Å²) in [5.41, 5.74) is 0.979. The van der Waals surface area contributed by atoms with Gasteiger partial charge in [-0.15, -0.1) is 22.9 Å². The van der Waals surface area contributed by atoms with Gasteiger partial charge < -0.3 is 4.90 Å². The molecule has 1 amide bonds. The zero-order valence-electron chi connectivity index (χ0n) is 9.68. The lowest BCUT2D eigenvalue weighted by atomic mass is 10.3. The molecule has 2 aromatic rings. The SMILES string of the molecule is CC(Cl)C(=O)N(C)Cc1nc2ccccc2s1. The normalized spacial score (nSPS) is 12.6. The molecule has 90 valence electrons. The van der Waals surface area contributed by atoms with E-state index < -0.39 is 5.38 Å². The van der Waals surface area contributed by atoms with Crippen LogP contribution in [0.15, 0.2) is 24.3 Å². The summed E-state index contributed by atoms with van der Waals surface area (Å²) in [7, 11) is 1.74. The number of hydrogen-bond donors (Lipinski definition) is 0. The quantitative estimate of drug-likeness (QED) is 0.802. The van der Waals surface area contributed by atoms with Crippen molar-refractivity contribution >= 4 is 39.1 Å². The Kier molecular flexibility index (Phi) is 3.64. The molecule has 0 N–H and O–H groups in total. The van der Waals surface area contributed by atoms with Crippen molar-refractivity contribution in [2.45, 2.75) is 18.8 Å². The first-order valence-electron chi connectivity index (χ1n) is 5.31. The molecule has 1 unspecified atom stereocenters. The topological polar surface area (TPSA) is 33.2 Å². The largest absolute Gasteiger partial charge is 0.338 e. The Balaban J connectivity index is 2.16. The number of fused-ring (bicyclic) bond motifs is 1. The van der Waals surface area contributed by atoms with Crippen molar-refractivity contribution in [3.63, 3.8) is 0 Å². The van der Waals surface area contributed by atoms with E-state index in [1.165, 1.54) is 0 Å². The smallest absolute Gasteiger partial charge is 0.240 e. The Labute approximate surface area is 109 Å². The van der Waals surface area contributed by atoms with Crippen molar-refractivity contribution in [3.8, 4) is 0 Å². The Morgan fingerprint density at radius 2 is 2.24 bits per heavy atom. The summed E-state index contributed by atoms with van der Waals surface area (Å²) in [6, 6.07) is 7.95. The number of benzene rings is 1. The summed E-state index contributed by atoms with van der Waals surface area (Å²) in [6.45, 7) is 2.19. The monoisotopic (exact) mass is 268 g/mol. The number of thiazole rings is 1. The van der Waals surface area contributed by atoms with Gasteiger partial charge in [0, 0.05) is 7.05 Å². The number of nitrogens with zero attached hydrogens (tertiary/aromatic N) is 2. The fourth-order valence-corrected chi connectivity index (χ4v) is 2.76. The van der Waals surface area contributed by atoms with Gasteiger partial charge in [0.2, 0.25) is 5.91 Å². The van der Waals surface area contributed by atoms with Gasteiger partial charge >= 0.3 is 0 Å². The van der Waals surface area contributed by atoms with Gasteiger partial charge in [0.05, 0.1) is 16.8 Å². The number of carbonyl (C=O) groups excluding carboxylic acids is 1. The second-order valence-corrected chi connectivity index (χ2v) is 5.66. The van der Waals surface area contributed by atoms with Crippen molar-refractivity contribution in [2.75, 3.05) is 7.05 Å². The van der Waals surface area contributed by atoms with Crippen molar-refractivity contribution < 1.29 is 4.79 Å². The highest BCUT2D eigenvalue weighted by Gasteiger charge is 2.16. The average molecular weight is 269 g/mol. The average Bonchev–Trinajstić information content (AvgIpc) is 2.69. The molecular formula is C12H13ClN2OS. The predicted octanol–water partition coefficient (Wildman–Crippen LogP) is 2.88. The lowest BCUT2D eigenvalue weighted by Crippen LogP contribution is -2.31. The minimum atomic E-state index is -0.491. The van der Waals surface area contributed by atoms with Gasteiger partial charge in [0.1, 0.15) is 10.4 Å². The first kappa shape index (κ1) is 12.3. The van der Waals surface area contributed by atoms with Gasteiger partial charge in [-0.3, -0.25) is 4.79 Å². The van der Waals surface area contributed by atoms with Gasteiger partial charge in [-0.1, -0.05) is 12.1 Å². The van der Waals surface area contributed by atoms with E-state index in [4.69, 9.17) is 11.6 Å². The van der Waals surface area contributed by atoms with Gasteiger partial charge in [-0.2, -0.15) is 0 Å². The third-order valence-electron chi connectivity index (χ3n) is 2.43. The maximum atomic E-state index is 11.6. The van der Waals surface area contributed by atoms with Gasteiger partial charge in [-0.25, -0.2) is 4.98 Å². The highest BCUT2D eigenvalue weighted by Crippen LogP contribution is 2.22. The summed E-state index contributed by atoms with van der Waals surface area (Å²) >= 11 is 7.37. The highest BCUT2D eigenvalue weighted by molar-refractivity contribution is 7.18. The molecule has 0 saturated heterocycles. The van der Waals surface area contributed by atoms with Crippen molar-refractivity contribution in [1.82, 2.24) is 9.88 Å². The fourth-order valence-electron chi connectivity index (χ4n) is 1.57. The van der Waals surface area contributed by atoms with Crippen LogP contribution in [0.4, 0.5) is 0 Å². The third-order valence-corrected chi connectivity index (χ3v) is 3.63. The maximum Gasteiger partial charge on any atom is 0.240 e. The number of alkyl halides is 1. The molecule has 0 fully saturated rings. The molecule has 3 nitrogen and oxygen atoms in total. The summed E-state index contributed by atoms with van der Waals surface area (Å²) in [5.74, 6) is -0.0778. The lowest BCUT2D eigenvalue weighted by molar-refractivity contribution is -0.129. The minimum Gasteiger partial charge on any atom is -0.338 e. The molecule has 1 aromatic heterocycles. The summed E-state index contributed by atoms with van der Waals surface area (Å²) in [5, 5.41) is 0.439. The molecular weight excluding hydrogens is 256 g/mol. The number of para-hydroxylation sites is 1. The summed E-state index contributed by atoms with van der Waals surface area (Å²) in [6.07, 6.45) is 0. The Bertz CT molecular complexity index is 505. The molecule has 1 atom stereocenters. The molecule has 5 heteroatoms. The van der Waals surface area contributed by atoms with Crippen molar-refractivity contribution in [1.29, 1.82) is 0 Å². The molecule has 0 aliphatic carbocycles. The van der Waals surface area contributed by atoms with Gasteiger partial charge in [0.25, 0.3) is 0 Å². The standard InChI is InChI=1S/C12H13ClN2OS/c1-8(13)12(16)15(2)7-11-14-9-5-3-4-6-10(9)17-11/h3-6,8H,7H2,1-2H3. The van der Waals surface area contributed by atoms with E-state index >= 15 is 0 Å². The predicted molar refractivity (Wildman–Crippen MR) is 71.4 cm³/mol. The second kappa shape index (κ2) is 5.02. The van der Waals surface area contributed by atoms with E-state index in [0.717, 1.165) is 15.2 Å². The second-order valence-electron chi connectivity index (χ2n) is 3.89. The maximum absolute atomic E-state index is 11.6. The molecule has 17 heavy (non-hydrogen) atoms. The zero-order chi connectivity index (χ0) is 12.4. The number of amides is 1. The summed E-state index contributed by atoms with van der Waals surface area (Å²) in [4.78, 5) is 17.7. The van der Waals surface area contributed by atoms with E-state index in [1.807, 2.05) is 24.3 Å². The van der Waals surface area contributed by atoms with Crippen LogP contribution in [0, 0.1) is 0 Å². The van der Waals surface area contributed by atoms with Crippen LogP contribution in [0.1, 0.15) is 11.9 Å². The number of carbonyl (C=O) groups is 1. The fraction of sp³-hybridized carbons (Fsp3) is 0.333. The van der Waals surface area contributed by atoms with Crippen LogP contribution >= 0.6 is 22.9 Å². The first-order valence-corrected chi connectivity index (χ1v) is 6.56. The Hall–Kier alpha value is -1.13. The van der Waals surface area contributed by atoms with Gasteiger partial charge in [-0.05, 0) is 19.1 Å². The molecule has 1 heterocycles. The third kappa shape index (κ3) is 2.76. The molecule has 0 saturated carbocycles. The van der Waals surface area contributed by atoms with Crippen LogP contribution in [0.2, 0.25) is 0 Å². The molecule has 0 aliphatic heterocycles. The number of rotatable bonds is 3. The van der Waals surface area contributed by atoms with E-state index in [0.29, 0.717) is 6.54 Å². The van der Waals surface area contributed by atoms with Crippen LogP contribution in [-0.4, -0.2) is 28.2 Å². The number of halogens is 1. The first-order chi connectivity index (χ1) is 8.08. The molecule has 0 radical (unpaired) electrons. The van der Waals surface area contributed by atoms with Crippen LogP contribution in [-0.2, 0) is 11.3 Å². The van der Waals surface area contributed by atoms with Crippen LogP contribution in [0.3, 0.4) is 0 Å². The number of hydrogen-bond acceptors (Lipinski definition) is 3. The Morgan fingerprint density at radius 3 is 2.88 bits per heavy atom. The van der Waals surface area contributed by atoms with Crippen LogP contribution in [0.5, 0.6) is 0 Å². The van der Waals surface area contributed by atoms with E-state index in [2.05, 4.69) is 4.98 Å². The van der Waals surface area contributed by atoms with Gasteiger partial charge in [0.15, 0.2) is 0 Å². The lowest BCUT2D eigenvalue weighted by Gasteiger charge is -2.16. The van der Waals surface area contributed by atoms with Crippen molar-refractivity contribution in [3.05, 3.63) is 29.3 Å². The molecule has 2 rings (SSSR count). The van der Waals surface area contributed by atoms with Crippen LogP contribution in [0.25, 0.3) is 10.2 Å². The zero-order valence-corrected chi connectivity index (χ0v) is 11.3. The summed E-state index contributed by atoms with van der Waals surface area (Å²) < 4.78 is 1.14. The highest BCUT2D eigenvalue weighted by atomic mass is 35.5. The van der Waals surface area contributed by atoms with E-state index in [-0.39, 0.29) is 5.91 Å². The van der Waals surface area contributed by atoms with Crippen LogP contribution < -0.4 is 0 Å². The van der Waals surface area contributed by atoms with E-state index in [9.17, 15) is 4.79 Å². The molecule has 0 bridgehead atoms. The Morgan fingerprint density at radius 1 is 1.53 bits per heavy atom. The molecule has 1 aromatic carbocycles. The minimum absolute atomic E-state index is 0.0778. The van der Waals surface area contributed by atoms with E-state index in [1.54, 1.807) is 30.2 Å².